The van der Waals surface area contributed by atoms with E-state index in [2.05, 4.69) is 46.7 Å². The van der Waals surface area contributed by atoms with Gasteiger partial charge in [-0.3, -0.25) is 4.79 Å². The molecule has 1 aromatic carbocycles. The maximum Gasteiger partial charge on any atom is 0.252 e. The molecule has 5 heteroatoms. The number of rotatable bonds is 5. The summed E-state index contributed by atoms with van der Waals surface area (Å²) in [5, 5.41) is 13.2. The summed E-state index contributed by atoms with van der Waals surface area (Å²) in [6, 6.07) is 18.1. The molecule has 0 atom stereocenters. The van der Waals surface area contributed by atoms with Gasteiger partial charge in [0.15, 0.2) is 0 Å². The van der Waals surface area contributed by atoms with Crippen molar-refractivity contribution in [3.05, 3.63) is 70.1 Å². The fraction of sp³-hybridized carbons (Fsp3) is 0.423. The SMILES string of the molecule is Cn1c(=O)cc(NC2(CC3CC3)CCC(c3ccccc3)CC2)c2nc(C#N)ccc21. The van der Waals surface area contributed by atoms with Gasteiger partial charge in [-0.05, 0) is 61.6 Å². The Balaban J connectivity index is 1.49. The molecule has 0 spiro atoms. The summed E-state index contributed by atoms with van der Waals surface area (Å²) in [7, 11) is 1.76. The van der Waals surface area contributed by atoms with Gasteiger partial charge in [0.2, 0.25) is 0 Å². The second-order valence-electron chi connectivity index (χ2n) is 9.37. The first-order chi connectivity index (χ1) is 15.1. The lowest BCUT2D eigenvalue weighted by Crippen LogP contribution is -2.42. The van der Waals surface area contributed by atoms with Gasteiger partial charge in [-0.25, -0.2) is 4.98 Å². The maximum atomic E-state index is 12.7. The zero-order chi connectivity index (χ0) is 21.4. The zero-order valence-electron chi connectivity index (χ0n) is 18.0. The number of nitriles is 1. The number of pyridine rings is 2. The van der Waals surface area contributed by atoms with E-state index in [1.807, 2.05) is 6.07 Å². The van der Waals surface area contributed by atoms with Crippen LogP contribution in [0.1, 0.15) is 62.1 Å². The predicted molar refractivity (Wildman–Crippen MR) is 123 cm³/mol. The number of hydrogen-bond donors (Lipinski definition) is 1. The van der Waals surface area contributed by atoms with Gasteiger partial charge in [-0.1, -0.05) is 43.2 Å². The Bertz CT molecular complexity index is 1200. The van der Waals surface area contributed by atoms with Crippen molar-refractivity contribution in [2.24, 2.45) is 13.0 Å². The molecule has 5 nitrogen and oxygen atoms in total. The monoisotopic (exact) mass is 412 g/mol. The van der Waals surface area contributed by atoms with Gasteiger partial charge in [0.1, 0.15) is 17.3 Å². The largest absolute Gasteiger partial charge is 0.378 e. The maximum absolute atomic E-state index is 12.7. The Morgan fingerprint density at radius 3 is 2.55 bits per heavy atom. The summed E-state index contributed by atoms with van der Waals surface area (Å²) in [5.41, 5.74) is 3.97. The standard InChI is InChI=1S/C26H28N4O/c1-30-23-10-9-21(17-27)28-25(23)22(15-24(30)31)29-26(16-18-7-8-18)13-11-20(12-14-26)19-5-3-2-4-6-19/h2-6,9-10,15,18,20,29H,7-8,11-14,16H2,1H3. The molecule has 0 bridgehead atoms. The van der Waals surface area contributed by atoms with Crippen LogP contribution in [0.2, 0.25) is 0 Å². The normalized spacial score (nSPS) is 23.4. The molecular formula is C26H28N4O. The molecule has 5 rings (SSSR count). The van der Waals surface area contributed by atoms with Crippen molar-refractivity contribution in [3.63, 3.8) is 0 Å². The minimum Gasteiger partial charge on any atom is -0.378 e. The Hall–Kier alpha value is -3.13. The van der Waals surface area contributed by atoms with Crippen molar-refractivity contribution in [1.82, 2.24) is 9.55 Å². The summed E-state index contributed by atoms with van der Waals surface area (Å²) in [5.74, 6) is 1.38. The first kappa shape index (κ1) is 19.8. The third-order valence-corrected chi connectivity index (χ3v) is 7.19. The second kappa shape index (κ2) is 7.85. The van der Waals surface area contributed by atoms with Gasteiger partial charge in [-0.15, -0.1) is 0 Å². The number of aromatic nitrogens is 2. The molecule has 2 fully saturated rings. The molecule has 2 aromatic heterocycles. The van der Waals surface area contributed by atoms with Crippen LogP contribution in [0.3, 0.4) is 0 Å². The first-order valence-corrected chi connectivity index (χ1v) is 11.3. The van der Waals surface area contributed by atoms with Crippen LogP contribution in [0.4, 0.5) is 5.69 Å². The summed E-state index contributed by atoms with van der Waals surface area (Å²) in [6.07, 6.45) is 8.20. The van der Waals surface area contributed by atoms with E-state index >= 15 is 0 Å². The van der Waals surface area contributed by atoms with E-state index in [1.165, 1.54) is 18.4 Å². The van der Waals surface area contributed by atoms with Crippen molar-refractivity contribution < 1.29 is 0 Å². The molecule has 158 valence electrons. The fourth-order valence-electron chi connectivity index (χ4n) is 5.25. The van der Waals surface area contributed by atoms with Crippen LogP contribution in [0.25, 0.3) is 11.0 Å². The van der Waals surface area contributed by atoms with Crippen molar-refractivity contribution in [1.29, 1.82) is 5.26 Å². The molecule has 2 aliphatic rings. The van der Waals surface area contributed by atoms with Gasteiger partial charge in [0.05, 0.1) is 11.2 Å². The van der Waals surface area contributed by atoms with E-state index in [4.69, 9.17) is 0 Å². The lowest BCUT2D eigenvalue weighted by Gasteiger charge is -2.42. The van der Waals surface area contributed by atoms with Crippen LogP contribution in [-0.2, 0) is 7.05 Å². The Labute approximate surface area is 182 Å². The third-order valence-electron chi connectivity index (χ3n) is 7.19. The summed E-state index contributed by atoms with van der Waals surface area (Å²) in [6.45, 7) is 0. The Kier molecular flexibility index (Phi) is 5.02. The number of nitrogens with zero attached hydrogens (tertiary/aromatic N) is 3. The zero-order valence-corrected chi connectivity index (χ0v) is 18.0. The Morgan fingerprint density at radius 1 is 1.13 bits per heavy atom. The first-order valence-electron chi connectivity index (χ1n) is 11.3. The van der Waals surface area contributed by atoms with E-state index in [1.54, 1.807) is 23.7 Å². The fourth-order valence-corrected chi connectivity index (χ4v) is 5.25. The highest BCUT2D eigenvalue weighted by Gasteiger charge is 2.40. The second-order valence-corrected chi connectivity index (χ2v) is 9.37. The van der Waals surface area contributed by atoms with Crippen molar-refractivity contribution in [2.45, 2.75) is 56.4 Å². The van der Waals surface area contributed by atoms with Crippen LogP contribution in [0, 0.1) is 17.2 Å². The molecule has 0 saturated heterocycles. The molecule has 2 saturated carbocycles. The Morgan fingerprint density at radius 2 is 1.87 bits per heavy atom. The molecule has 0 aliphatic heterocycles. The minimum absolute atomic E-state index is 0.0178. The van der Waals surface area contributed by atoms with Gasteiger partial charge in [-0.2, -0.15) is 5.26 Å². The van der Waals surface area contributed by atoms with E-state index in [0.717, 1.165) is 49.2 Å². The lowest BCUT2D eigenvalue weighted by atomic mass is 9.71. The van der Waals surface area contributed by atoms with E-state index in [0.29, 0.717) is 17.1 Å². The molecule has 1 N–H and O–H groups in total. The number of hydrogen-bond acceptors (Lipinski definition) is 4. The van der Waals surface area contributed by atoms with Crippen molar-refractivity contribution in [2.75, 3.05) is 5.32 Å². The van der Waals surface area contributed by atoms with Crippen LogP contribution >= 0.6 is 0 Å². The molecule has 31 heavy (non-hydrogen) atoms. The molecule has 0 unspecified atom stereocenters. The van der Waals surface area contributed by atoms with Crippen molar-refractivity contribution >= 4 is 16.7 Å². The topological polar surface area (TPSA) is 70.7 Å². The highest BCUT2D eigenvalue weighted by molar-refractivity contribution is 5.88. The number of nitrogens with one attached hydrogen (secondary N) is 1. The van der Waals surface area contributed by atoms with Gasteiger partial charge in [0, 0.05) is 18.7 Å². The van der Waals surface area contributed by atoms with Crippen LogP contribution < -0.4 is 10.9 Å². The van der Waals surface area contributed by atoms with Gasteiger partial charge < -0.3 is 9.88 Å². The predicted octanol–water partition coefficient (Wildman–Crippen LogP) is 5.11. The molecule has 0 amide bonds. The van der Waals surface area contributed by atoms with E-state index in [9.17, 15) is 10.1 Å². The smallest absolute Gasteiger partial charge is 0.252 e. The van der Waals surface area contributed by atoms with Crippen LogP contribution in [0.15, 0.2) is 53.3 Å². The molecule has 3 aromatic rings. The summed E-state index contributed by atoms with van der Waals surface area (Å²) >= 11 is 0. The van der Waals surface area contributed by atoms with E-state index < -0.39 is 0 Å². The molecular weight excluding hydrogens is 384 g/mol. The van der Waals surface area contributed by atoms with E-state index in [-0.39, 0.29) is 11.1 Å². The average molecular weight is 413 g/mol. The lowest BCUT2D eigenvalue weighted by molar-refractivity contribution is 0.270. The third kappa shape index (κ3) is 3.95. The number of fused-ring (bicyclic) bond motifs is 1. The number of benzene rings is 1. The van der Waals surface area contributed by atoms with Gasteiger partial charge in [0.25, 0.3) is 5.56 Å². The molecule has 2 heterocycles. The quantitative estimate of drug-likeness (QED) is 0.632. The van der Waals surface area contributed by atoms with Crippen molar-refractivity contribution in [3.8, 4) is 6.07 Å². The number of anilines is 1. The number of aryl methyl sites for hydroxylation is 1. The molecule has 2 aliphatic carbocycles. The van der Waals surface area contributed by atoms with Gasteiger partial charge >= 0.3 is 0 Å². The average Bonchev–Trinajstić information content (AvgIpc) is 3.62. The van der Waals surface area contributed by atoms with Crippen LogP contribution in [0.5, 0.6) is 0 Å². The minimum atomic E-state index is -0.0546. The summed E-state index contributed by atoms with van der Waals surface area (Å²) < 4.78 is 1.61. The van der Waals surface area contributed by atoms with Crippen LogP contribution in [-0.4, -0.2) is 15.1 Å². The highest BCUT2D eigenvalue weighted by atomic mass is 16.1. The molecule has 0 radical (unpaired) electrons. The highest BCUT2D eigenvalue weighted by Crippen LogP contribution is 2.47. The summed E-state index contributed by atoms with van der Waals surface area (Å²) in [4.78, 5) is 17.2.